The van der Waals surface area contributed by atoms with Gasteiger partial charge in [0.2, 0.25) is 0 Å². The second kappa shape index (κ2) is 22.8. The van der Waals surface area contributed by atoms with Crippen LogP contribution in [0.3, 0.4) is 0 Å². The van der Waals surface area contributed by atoms with Gasteiger partial charge in [-0.05, 0) is 18.9 Å². The average Bonchev–Trinajstić information content (AvgIpc) is 2.53. The number of rotatable bonds is 18. The topological polar surface area (TPSA) is 40.1 Å². The third kappa shape index (κ3) is 24.1. The van der Waals surface area contributed by atoms with Crippen molar-refractivity contribution in [2.75, 3.05) is 0 Å². The van der Waals surface area contributed by atoms with E-state index in [1.165, 1.54) is 96.3 Å². The van der Waals surface area contributed by atoms with Gasteiger partial charge in [-0.25, -0.2) is 0 Å². The fraction of sp³-hybridized carbons (Fsp3) is 0.857. The number of aliphatic carboxylic acids is 1. The first-order chi connectivity index (χ1) is 11.3. The number of carboxylic acid groups (broad SMARTS) is 1. The third-order valence-corrected chi connectivity index (χ3v) is 4.48. The number of carbonyl (C=O) groups excluding carboxylic acids is 1. The van der Waals surface area contributed by atoms with Crippen molar-refractivity contribution < 1.29 is 28.8 Å². The first-order valence-electron chi connectivity index (χ1n) is 10.1. The summed E-state index contributed by atoms with van der Waals surface area (Å²) in [6.07, 6.45) is 25.6. The van der Waals surface area contributed by atoms with Crippen LogP contribution in [0.4, 0.5) is 0 Å². The molecule has 0 rings (SSSR count). The molecule has 0 spiro atoms. The minimum Gasteiger partial charge on any atom is -0.545 e. The van der Waals surface area contributed by atoms with Crippen LogP contribution in [-0.2, 0) is 4.79 Å². The molecule has 0 bridgehead atoms. The number of hydrogen-bond donors (Lipinski definition) is 0. The minimum atomic E-state index is -1.08. The van der Waals surface area contributed by atoms with Crippen LogP contribution >= 0.6 is 0 Å². The zero-order valence-corrected chi connectivity index (χ0v) is 16.5. The molecule has 136 valence electrons. The van der Waals surface area contributed by atoms with E-state index in [0.717, 1.165) is 18.9 Å². The van der Waals surface area contributed by atoms with E-state index in [1.807, 2.05) is 0 Å². The molecule has 0 aromatic carbocycles. The Morgan fingerprint density at radius 1 is 0.667 bits per heavy atom. The zero-order valence-electron chi connectivity index (χ0n) is 16.5. The van der Waals surface area contributed by atoms with Crippen LogP contribution in [-0.4, -0.2) is 5.97 Å². The minimum absolute atomic E-state index is 0. The van der Waals surface area contributed by atoms with Gasteiger partial charge in [0.1, 0.15) is 0 Å². The molecule has 0 heterocycles. The molecule has 0 aromatic heterocycles. The summed E-state index contributed by atoms with van der Waals surface area (Å²) >= 11 is 0. The van der Waals surface area contributed by atoms with E-state index in [1.54, 1.807) is 6.08 Å². The maximum atomic E-state index is 10.2. The van der Waals surface area contributed by atoms with Crippen LogP contribution in [0.1, 0.15) is 116 Å². The van der Waals surface area contributed by atoms with Crippen molar-refractivity contribution in [1.82, 2.24) is 0 Å². The summed E-state index contributed by atoms with van der Waals surface area (Å²) in [7, 11) is 0. The molecule has 0 atom stereocenters. The Balaban J connectivity index is 0. The number of carboxylic acids is 1. The van der Waals surface area contributed by atoms with Gasteiger partial charge in [-0.2, -0.15) is 0 Å². The Bertz CT molecular complexity index is 277. The van der Waals surface area contributed by atoms with Crippen LogP contribution in [0, 0.1) is 0 Å². The fourth-order valence-corrected chi connectivity index (χ4v) is 2.99. The molecule has 0 aliphatic carbocycles. The number of hydrogen-bond acceptors (Lipinski definition) is 2. The Kier molecular flexibility index (Phi) is 24.7. The molecule has 0 amide bonds. The summed E-state index contributed by atoms with van der Waals surface area (Å²) in [5.74, 6) is -1.08. The van der Waals surface area contributed by atoms with Gasteiger partial charge in [0.15, 0.2) is 0 Å². The summed E-state index contributed by atoms with van der Waals surface area (Å²) in [5.41, 5.74) is 0. The van der Waals surface area contributed by atoms with Gasteiger partial charge in [-0.15, -0.1) is 0 Å². The van der Waals surface area contributed by atoms with E-state index >= 15 is 0 Å². The van der Waals surface area contributed by atoms with E-state index in [-0.39, 0.29) is 18.9 Å². The SMILES string of the molecule is CCCCCCCCCCCCCCCCCCC=CC(=O)[O-].[Li+]. The van der Waals surface area contributed by atoms with Crippen LogP contribution < -0.4 is 24.0 Å². The third-order valence-electron chi connectivity index (χ3n) is 4.48. The van der Waals surface area contributed by atoms with E-state index in [4.69, 9.17) is 0 Å². The van der Waals surface area contributed by atoms with Crippen molar-refractivity contribution in [3.8, 4) is 0 Å². The molecule has 0 N–H and O–H groups in total. The first-order valence-corrected chi connectivity index (χ1v) is 10.1. The summed E-state index contributed by atoms with van der Waals surface area (Å²) in [5, 5.41) is 10.2. The zero-order chi connectivity index (χ0) is 17.0. The predicted octanol–water partition coefficient (Wildman–Crippen LogP) is 2.95. The Labute approximate surface area is 163 Å². The van der Waals surface area contributed by atoms with Gasteiger partial charge >= 0.3 is 18.9 Å². The van der Waals surface area contributed by atoms with Crippen LogP contribution in [0.15, 0.2) is 12.2 Å². The number of carbonyl (C=O) groups is 1. The number of allylic oxidation sites excluding steroid dienone is 1. The van der Waals surface area contributed by atoms with Gasteiger partial charge in [0.25, 0.3) is 0 Å². The first kappa shape index (κ1) is 26.0. The molecule has 0 aliphatic heterocycles. The predicted molar refractivity (Wildman–Crippen MR) is 98.3 cm³/mol. The van der Waals surface area contributed by atoms with Crippen molar-refractivity contribution >= 4 is 5.97 Å². The van der Waals surface area contributed by atoms with Crippen LogP contribution in [0.2, 0.25) is 0 Å². The van der Waals surface area contributed by atoms with Crippen LogP contribution in [0.5, 0.6) is 0 Å². The molecular weight excluding hydrogens is 291 g/mol. The summed E-state index contributed by atoms with van der Waals surface area (Å²) in [4.78, 5) is 10.2. The van der Waals surface area contributed by atoms with Gasteiger partial charge in [0.05, 0.1) is 5.97 Å². The largest absolute Gasteiger partial charge is 1.00 e. The molecule has 2 nitrogen and oxygen atoms in total. The van der Waals surface area contributed by atoms with Crippen molar-refractivity contribution in [2.45, 2.75) is 116 Å². The van der Waals surface area contributed by atoms with Crippen LogP contribution in [0.25, 0.3) is 0 Å². The maximum Gasteiger partial charge on any atom is 1.00 e. The van der Waals surface area contributed by atoms with E-state index in [9.17, 15) is 9.90 Å². The number of unbranched alkanes of at least 4 members (excludes halogenated alkanes) is 16. The smallest absolute Gasteiger partial charge is 0.545 e. The molecule has 0 fully saturated rings. The van der Waals surface area contributed by atoms with Crippen molar-refractivity contribution in [3.63, 3.8) is 0 Å². The maximum absolute atomic E-state index is 10.2. The summed E-state index contributed by atoms with van der Waals surface area (Å²) < 4.78 is 0. The fourth-order valence-electron chi connectivity index (χ4n) is 2.99. The molecule has 0 unspecified atom stereocenters. The van der Waals surface area contributed by atoms with Crippen molar-refractivity contribution in [3.05, 3.63) is 12.2 Å². The summed E-state index contributed by atoms with van der Waals surface area (Å²) in [6.45, 7) is 2.28. The normalized spacial score (nSPS) is 10.9. The second-order valence-corrected chi connectivity index (χ2v) is 6.81. The molecule has 0 aliphatic rings. The molecule has 0 radical (unpaired) electrons. The molecule has 24 heavy (non-hydrogen) atoms. The van der Waals surface area contributed by atoms with Gasteiger partial charge in [0, 0.05) is 0 Å². The second-order valence-electron chi connectivity index (χ2n) is 6.81. The van der Waals surface area contributed by atoms with E-state index in [0.29, 0.717) is 0 Å². The van der Waals surface area contributed by atoms with Crippen molar-refractivity contribution in [1.29, 1.82) is 0 Å². The van der Waals surface area contributed by atoms with Gasteiger partial charge in [-0.1, -0.05) is 109 Å². The van der Waals surface area contributed by atoms with Crippen molar-refractivity contribution in [2.24, 2.45) is 0 Å². The molecule has 0 saturated heterocycles. The quantitative estimate of drug-likeness (QED) is 0.220. The van der Waals surface area contributed by atoms with Gasteiger partial charge in [-0.3, -0.25) is 0 Å². The van der Waals surface area contributed by atoms with E-state index in [2.05, 4.69) is 6.92 Å². The van der Waals surface area contributed by atoms with Gasteiger partial charge < -0.3 is 9.90 Å². The summed E-state index contributed by atoms with van der Waals surface area (Å²) in [6, 6.07) is 0. The molecule has 3 heteroatoms. The standard InChI is InChI=1S/C21H40O2.Li/c1-2-3-4-5-6-7-8-9-10-11-12-13-14-15-16-17-18-19-20-21(22)23;/h19-20H,2-18H2,1H3,(H,22,23);/q;+1/p-1. The molecule has 0 aromatic rings. The van der Waals surface area contributed by atoms with E-state index < -0.39 is 5.97 Å². The molecular formula is C21H39LiO2. The Morgan fingerprint density at radius 3 is 1.33 bits per heavy atom. The Hall–Kier alpha value is -0.193. The molecule has 0 saturated carbocycles. The monoisotopic (exact) mass is 330 g/mol. The Morgan fingerprint density at radius 2 is 1.00 bits per heavy atom. The average molecular weight is 330 g/mol.